The van der Waals surface area contributed by atoms with Crippen LogP contribution in [-0.4, -0.2) is 25.7 Å². The highest BCUT2D eigenvalue weighted by Crippen LogP contribution is 2.06. The molecule has 0 heterocycles. The molecule has 0 bridgehead atoms. The third-order valence-corrected chi connectivity index (χ3v) is 2.34. The lowest BCUT2D eigenvalue weighted by atomic mass is 10.1. The molecule has 88 valence electrons. The molecule has 1 aromatic rings. The summed E-state index contributed by atoms with van der Waals surface area (Å²) >= 11 is 0. The first-order chi connectivity index (χ1) is 7.75. The molecule has 0 fully saturated rings. The normalized spacial score (nSPS) is 10.1. The van der Waals surface area contributed by atoms with E-state index in [1.807, 2.05) is 38.1 Å². The molecule has 3 heteroatoms. The van der Waals surface area contributed by atoms with Gasteiger partial charge in [0.15, 0.2) is 0 Å². The van der Waals surface area contributed by atoms with Gasteiger partial charge in [0.25, 0.3) is 5.91 Å². The number of nitrogens with one attached hydrogen (secondary N) is 1. The molecule has 0 aliphatic rings. The topological polar surface area (TPSA) is 38.3 Å². The quantitative estimate of drug-likeness (QED) is 0.747. The van der Waals surface area contributed by atoms with Crippen LogP contribution in [0.25, 0.3) is 0 Å². The first kappa shape index (κ1) is 12.7. The van der Waals surface area contributed by atoms with Gasteiger partial charge >= 0.3 is 0 Å². The maximum atomic E-state index is 11.7. The molecular weight excluding hydrogens is 202 g/mol. The zero-order valence-electron chi connectivity index (χ0n) is 9.95. The third kappa shape index (κ3) is 4.03. The van der Waals surface area contributed by atoms with Crippen LogP contribution >= 0.6 is 0 Å². The van der Waals surface area contributed by atoms with Gasteiger partial charge in [0, 0.05) is 25.3 Å². The first-order valence-corrected chi connectivity index (χ1v) is 5.67. The standard InChI is InChI=1S/C13H19NO2/c1-3-16-10-6-9-14-13(15)12-8-5-4-7-11(12)2/h4-5,7-8H,3,6,9-10H2,1-2H3,(H,14,15). The van der Waals surface area contributed by atoms with Gasteiger partial charge in [0.1, 0.15) is 0 Å². The molecule has 0 saturated heterocycles. The highest BCUT2D eigenvalue weighted by Gasteiger charge is 2.06. The molecule has 1 rings (SSSR count). The minimum absolute atomic E-state index is 0.00500. The second kappa shape index (κ2) is 7.01. The second-order valence-electron chi connectivity index (χ2n) is 3.62. The van der Waals surface area contributed by atoms with E-state index in [0.29, 0.717) is 13.2 Å². The minimum atomic E-state index is -0.00500. The highest BCUT2D eigenvalue weighted by molar-refractivity contribution is 5.95. The molecule has 0 aromatic heterocycles. The van der Waals surface area contributed by atoms with Crippen LogP contribution in [0.4, 0.5) is 0 Å². The van der Waals surface area contributed by atoms with E-state index in [1.165, 1.54) is 0 Å². The van der Waals surface area contributed by atoms with Crippen molar-refractivity contribution in [3.8, 4) is 0 Å². The van der Waals surface area contributed by atoms with Gasteiger partial charge in [0.2, 0.25) is 0 Å². The Hall–Kier alpha value is -1.35. The van der Waals surface area contributed by atoms with Gasteiger partial charge in [-0.1, -0.05) is 18.2 Å². The Morgan fingerprint density at radius 3 is 2.81 bits per heavy atom. The molecule has 1 N–H and O–H groups in total. The van der Waals surface area contributed by atoms with Crippen LogP contribution in [0.1, 0.15) is 29.3 Å². The molecule has 16 heavy (non-hydrogen) atoms. The van der Waals surface area contributed by atoms with Crippen molar-refractivity contribution >= 4 is 5.91 Å². The number of benzene rings is 1. The van der Waals surface area contributed by atoms with Gasteiger partial charge < -0.3 is 10.1 Å². The maximum Gasteiger partial charge on any atom is 0.251 e. The molecule has 0 saturated carbocycles. The van der Waals surface area contributed by atoms with Crippen molar-refractivity contribution in [1.29, 1.82) is 0 Å². The van der Waals surface area contributed by atoms with Crippen LogP contribution in [0.3, 0.4) is 0 Å². The third-order valence-electron chi connectivity index (χ3n) is 2.34. The Labute approximate surface area is 96.8 Å². The van der Waals surface area contributed by atoms with E-state index < -0.39 is 0 Å². The van der Waals surface area contributed by atoms with E-state index in [9.17, 15) is 4.79 Å². The Balaban J connectivity index is 2.33. The second-order valence-corrected chi connectivity index (χ2v) is 3.62. The van der Waals surface area contributed by atoms with Crippen LogP contribution in [-0.2, 0) is 4.74 Å². The molecule has 1 amide bonds. The van der Waals surface area contributed by atoms with Gasteiger partial charge in [-0.15, -0.1) is 0 Å². The lowest BCUT2D eigenvalue weighted by Gasteiger charge is -2.07. The predicted molar refractivity (Wildman–Crippen MR) is 64.6 cm³/mol. The number of amides is 1. The Morgan fingerprint density at radius 2 is 2.12 bits per heavy atom. The SMILES string of the molecule is CCOCCCNC(=O)c1ccccc1C. The van der Waals surface area contributed by atoms with Crippen LogP contribution in [0.2, 0.25) is 0 Å². The van der Waals surface area contributed by atoms with Gasteiger partial charge in [-0.3, -0.25) is 4.79 Å². The van der Waals surface area contributed by atoms with Crippen molar-refractivity contribution in [3.05, 3.63) is 35.4 Å². The van der Waals surface area contributed by atoms with Gasteiger partial charge in [0.05, 0.1) is 0 Å². The molecule has 0 atom stereocenters. The Bertz CT molecular complexity index is 336. The number of carbonyl (C=O) groups excluding carboxylic acids is 1. The van der Waals surface area contributed by atoms with Crippen molar-refractivity contribution in [3.63, 3.8) is 0 Å². The zero-order valence-corrected chi connectivity index (χ0v) is 9.95. The molecule has 0 aliphatic heterocycles. The molecule has 0 radical (unpaired) electrons. The average molecular weight is 221 g/mol. The lowest BCUT2D eigenvalue weighted by Crippen LogP contribution is -2.25. The van der Waals surface area contributed by atoms with E-state index in [4.69, 9.17) is 4.74 Å². The fraction of sp³-hybridized carbons (Fsp3) is 0.462. The summed E-state index contributed by atoms with van der Waals surface area (Å²) in [6, 6.07) is 7.59. The fourth-order valence-corrected chi connectivity index (χ4v) is 1.44. The summed E-state index contributed by atoms with van der Waals surface area (Å²) in [5, 5.41) is 2.88. The number of rotatable bonds is 6. The molecular formula is C13H19NO2. The zero-order chi connectivity index (χ0) is 11.8. The highest BCUT2D eigenvalue weighted by atomic mass is 16.5. The molecule has 0 aliphatic carbocycles. The van der Waals surface area contributed by atoms with Crippen molar-refractivity contribution in [2.24, 2.45) is 0 Å². The van der Waals surface area contributed by atoms with Crippen LogP contribution in [0.5, 0.6) is 0 Å². The fourth-order valence-electron chi connectivity index (χ4n) is 1.44. The van der Waals surface area contributed by atoms with E-state index in [2.05, 4.69) is 5.32 Å². The summed E-state index contributed by atoms with van der Waals surface area (Å²) in [5.41, 5.74) is 1.75. The van der Waals surface area contributed by atoms with Crippen LogP contribution < -0.4 is 5.32 Å². The van der Waals surface area contributed by atoms with Crippen LogP contribution in [0.15, 0.2) is 24.3 Å². The maximum absolute atomic E-state index is 11.7. The monoisotopic (exact) mass is 221 g/mol. The van der Waals surface area contributed by atoms with Gasteiger partial charge in [-0.05, 0) is 31.9 Å². The summed E-state index contributed by atoms with van der Waals surface area (Å²) in [6.07, 6.45) is 0.853. The summed E-state index contributed by atoms with van der Waals surface area (Å²) < 4.78 is 5.19. The summed E-state index contributed by atoms with van der Waals surface area (Å²) in [5.74, 6) is -0.00500. The van der Waals surface area contributed by atoms with E-state index in [0.717, 1.165) is 24.2 Å². The molecule has 3 nitrogen and oxygen atoms in total. The smallest absolute Gasteiger partial charge is 0.251 e. The molecule has 1 aromatic carbocycles. The minimum Gasteiger partial charge on any atom is -0.382 e. The number of carbonyl (C=O) groups is 1. The summed E-state index contributed by atoms with van der Waals surface area (Å²) in [6.45, 7) is 5.99. The van der Waals surface area contributed by atoms with E-state index >= 15 is 0 Å². The largest absolute Gasteiger partial charge is 0.382 e. The van der Waals surface area contributed by atoms with E-state index in [1.54, 1.807) is 0 Å². The van der Waals surface area contributed by atoms with Crippen molar-refractivity contribution in [1.82, 2.24) is 5.32 Å². The number of hydrogen-bond donors (Lipinski definition) is 1. The van der Waals surface area contributed by atoms with E-state index in [-0.39, 0.29) is 5.91 Å². The predicted octanol–water partition coefficient (Wildman–Crippen LogP) is 2.15. The van der Waals surface area contributed by atoms with Crippen molar-refractivity contribution < 1.29 is 9.53 Å². The summed E-state index contributed by atoms with van der Waals surface area (Å²) in [7, 11) is 0. The first-order valence-electron chi connectivity index (χ1n) is 5.67. The molecule has 0 spiro atoms. The Morgan fingerprint density at radius 1 is 1.38 bits per heavy atom. The van der Waals surface area contributed by atoms with Crippen molar-refractivity contribution in [2.45, 2.75) is 20.3 Å². The molecule has 0 unspecified atom stereocenters. The Kier molecular flexibility index (Phi) is 5.57. The lowest BCUT2D eigenvalue weighted by molar-refractivity contribution is 0.0943. The summed E-state index contributed by atoms with van der Waals surface area (Å²) in [4.78, 5) is 11.7. The number of hydrogen-bond acceptors (Lipinski definition) is 2. The average Bonchev–Trinajstić information content (AvgIpc) is 2.29. The number of aryl methyl sites for hydroxylation is 1. The van der Waals surface area contributed by atoms with Gasteiger partial charge in [-0.25, -0.2) is 0 Å². The van der Waals surface area contributed by atoms with Crippen molar-refractivity contribution in [2.75, 3.05) is 19.8 Å². The van der Waals surface area contributed by atoms with Crippen LogP contribution in [0, 0.1) is 6.92 Å². The van der Waals surface area contributed by atoms with Gasteiger partial charge in [-0.2, -0.15) is 0 Å². The number of ether oxygens (including phenoxy) is 1.